The largest absolute Gasteiger partial charge is 0.425 e. The average Bonchev–Trinajstić information content (AvgIpc) is 3.26. The molecule has 1 aromatic carbocycles. The number of rotatable bonds is 8. The fourth-order valence-corrected chi connectivity index (χ4v) is 10.2. The number of allylic oxidation sites excluding steroid dienone is 1. The van der Waals surface area contributed by atoms with Crippen molar-refractivity contribution in [2.45, 2.75) is 81.4 Å². The highest BCUT2D eigenvalue weighted by Crippen LogP contribution is 2.58. The molecule has 0 bridgehead atoms. The van der Waals surface area contributed by atoms with Gasteiger partial charge in [-0.2, -0.15) is 5.26 Å². The van der Waals surface area contributed by atoms with Crippen LogP contribution in [0.2, 0.25) is 0 Å². The number of sulfone groups is 1. The lowest BCUT2D eigenvalue weighted by Gasteiger charge is -2.26. The van der Waals surface area contributed by atoms with E-state index >= 15 is 0 Å². The van der Waals surface area contributed by atoms with Gasteiger partial charge in [-0.05, 0) is 61.5 Å². The van der Waals surface area contributed by atoms with E-state index in [-0.39, 0.29) is 10.7 Å². The highest BCUT2D eigenvalue weighted by molar-refractivity contribution is 8.25. The molecule has 196 valence electrons. The SMILES string of the molecule is CC1CCC(CSOc2ccc(C(=O)CC3CCC(C)CC3)c3c2S/C(=C(/C#N)S(C)(=O)=O)S3)CC1. The quantitative estimate of drug-likeness (QED) is 0.179. The van der Waals surface area contributed by atoms with E-state index in [0.717, 1.165) is 59.3 Å². The summed E-state index contributed by atoms with van der Waals surface area (Å²) in [6.45, 7) is 4.58. The van der Waals surface area contributed by atoms with E-state index in [9.17, 15) is 18.5 Å². The number of thioether (sulfide) groups is 2. The number of hydrogen-bond acceptors (Lipinski definition) is 8. The molecule has 4 rings (SSSR count). The summed E-state index contributed by atoms with van der Waals surface area (Å²) in [5.41, 5.74) is 0.612. The van der Waals surface area contributed by atoms with E-state index < -0.39 is 9.84 Å². The van der Waals surface area contributed by atoms with E-state index in [0.29, 0.717) is 33.8 Å². The van der Waals surface area contributed by atoms with Crippen LogP contribution in [0, 0.1) is 35.0 Å². The first kappa shape index (κ1) is 27.9. The molecule has 1 heterocycles. The van der Waals surface area contributed by atoms with Crippen molar-refractivity contribution in [3.8, 4) is 11.8 Å². The predicted octanol–water partition coefficient (Wildman–Crippen LogP) is 7.87. The fourth-order valence-electron chi connectivity index (χ4n) is 5.20. The lowest BCUT2D eigenvalue weighted by molar-refractivity contribution is 0.0941. The number of nitrogens with zero attached hydrogens (tertiary/aromatic N) is 1. The average molecular weight is 566 g/mol. The van der Waals surface area contributed by atoms with Gasteiger partial charge in [-0.1, -0.05) is 63.1 Å². The minimum Gasteiger partial charge on any atom is -0.425 e. The van der Waals surface area contributed by atoms with Gasteiger partial charge in [0.2, 0.25) is 0 Å². The van der Waals surface area contributed by atoms with Gasteiger partial charge in [0.25, 0.3) is 0 Å². The monoisotopic (exact) mass is 565 g/mol. The van der Waals surface area contributed by atoms with Crippen LogP contribution >= 0.6 is 35.6 Å². The van der Waals surface area contributed by atoms with Crippen molar-refractivity contribution in [2.75, 3.05) is 12.0 Å². The second-order valence-corrected chi connectivity index (χ2v) is 15.7. The third-order valence-corrected chi connectivity index (χ3v) is 12.5. The molecule has 0 spiro atoms. The normalized spacial score (nSPS) is 27.7. The summed E-state index contributed by atoms with van der Waals surface area (Å²) < 4.78 is 31.0. The van der Waals surface area contributed by atoms with Gasteiger partial charge < -0.3 is 4.18 Å². The van der Waals surface area contributed by atoms with Crippen molar-refractivity contribution >= 4 is 51.2 Å². The molecular formula is C27H35NO4S4. The van der Waals surface area contributed by atoms with Crippen molar-refractivity contribution in [2.24, 2.45) is 23.7 Å². The van der Waals surface area contributed by atoms with Gasteiger partial charge in [0.1, 0.15) is 6.07 Å². The molecule has 36 heavy (non-hydrogen) atoms. The van der Waals surface area contributed by atoms with Crippen molar-refractivity contribution in [3.05, 3.63) is 26.8 Å². The highest BCUT2D eigenvalue weighted by atomic mass is 32.2. The highest BCUT2D eigenvalue weighted by Gasteiger charge is 2.33. The molecular weight excluding hydrogens is 531 g/mol. The number of ketones is 1. The Bertz CT molecular complexity index is 1150. The van der Waals surface area contributed by atoms with Gasteiger partial charge in [0.05, 0.1) is 21.2 Å². The molecule has 0 radical (unpaired) electrons. The number of hydrogen-bond donors (Lipinski definition) is 0. The first-order valence-corrected chi connectivity index (χ1v) is 17.3. The van der Waals surface area contributed by atoms with Gasteiger partial charge in [0, 0.05) is 28.9 Å². The summed E-state index contributed by atoms with van der Waals surface area (Å²) in [5, 5.41) is 9.57. The standard InChI is InChI=1S/C27H35NO4S4/c1-17-4-8-19(9-5-17)14-22(29)21-12-13-23(32-33-16-20-10-6-18(2)7-11-20)26-25(21)34-27(35-26)24(15-28)36(3,30)31/h12-13,17-20H,4-11,14,16H2,1-3H3/b27-24-. The predicted molar refractivity (Wildman–Crippen MR) is 150 cm³/mol. The molecule has 0 amide bonds. The number of carbonyl (C=O) groups is 1. The first-order chi connectivity index (χ1) is 17.2. The van der Waals surface area contributed by atoms with Crippen LogP contribution in [0.25, 0.3) is 0 Å². The Morgan fingerprint density at radius 2 is 1.58 bits per heavy atom. The summed E-state index contributed by atoms with van der Waals surface area (Å²) in [6, 6.07) is 5.53. The van der Waals surface area contributed by atoms with Crippen LogP contribution in [-0.4, -0.2) is 26.2 Å². The van der Waals surface area contributed by atoms with Gasteiger partial charge in [-0.3, -0.25) is 4.79 Å². The third kappa shape index (κ3) is 6.86. The molecule has 2 fully saturated rings. The zero-order chi connectivity index (χ0) is 25.9. The molecule has 0 aromatic heterocycles. The van der Waals surface area contributed by atoms with E-state index in [2.05, 4.69) is 13.8 Å². The number of carbonyl (C=O) groups excluding carboxylic acids is 1. The molecule has 3 aliphatic rings. The van der Waals surface area contributed by atoms with Crippen LogP contribution in [0.15, 0.2) is 31.1 Å². The molecule has 5 nitrogen and oxygen atoms in total. The summed E-state index contributed by atoms with van der Waals surface area (Å²) in [4.78, 5) is 14.6. The van der Waals surface area contributed by atoms with Crippen LogP contribution in [0.1, 0.15) is 82.0 Å². The summed E-state index contributed by atoms with van der Waals surface area (Å²) >= 11 is 3.89. The van der Waals surface area contributed by atoms with Crippen LogP contribution < -0.4 is 4.18 Å². The number of nitriles is 1. The van der Waals surface area contributed by atoms with Crippen molar-refractivity contribution < 1.29 is 17.4 Å². The van der Waals surface area contributed by atoms with Gasteiger partial charge in [-0.15, -0.1) is 0 Å². The maximum Gasteiger partial charge on any atom is 0.187 e. The van der Waals surface area contributed by atoms with Gasteiger partial charge in [-0.25, -0.2) is 8.42 Å². The van der Waals surface area contributed by atoms with Crippen LogP contribution in [-0.2, 0) is 9.84 Å². The molecule has 2 saturated carbocycles. The molecule has 1 aromatic rings. The maximum absolute atomic E-state index is 13.4. The molecule has 0 N–H and O–H groups in total. The van der Waals surface area contributed by atoms with Crippen molar-refractivity contribution in [3.63, 3.8) is 0 Å². The molecule has 9 heteroatoms. The number of Topliss-reactive ketones (excluding diaryl/α,β-unsaturated/α-hetero) is 1. The Hall–Kier alpha value is -1.08. The third-order valence-electron chi connectivity index (χ3n) is 7.62. The number of fused-ring (bicyclic) bond motifs is 1. The van der Waals surface area contributed by atoms with E-state index in [1.807, 2.05) is 18.2 Å². The Balaban J connectivity index is 1.55. The van der Waals surface area contributed by atoms with Crippen molar-refractivity contribution in [1.82, 2.24) is 0 Å². The van der Waals surface area contributed by atoms with Gasteiger partial charge >= 0.3 is 0 Å². The van der Waals surface area contributed by atoms with Crippen LogP contribution in [0.5, 0.6) is 5.75 Å². The second-order valence-electron chi connectivity index (χ2n) is 10.7. The molecule has 0 atom stereocenters. The molecule has 0 unspecified atom stereocenters. The van der Waals surface area contributed by atoms with Crippen LogP contribution in [0.3, 0.4) is 0 Å². The van der Waals surface area contributed by atoms with Crippen LogP contribution in [0.4, 0.5) is 0 Å². The zero-order valence-electron chi connectivity index (χ0n) is 21.2. The van der Waals surface area contributed by atoms with E-state index in [4.69, 9.17) is 4.18 Å². The lowest BCUT2D eigenvalue weighted by atomic mass is 9.80. The van der Waals surface area contributed by atoms with Crippen molar-refractivity contribution in [1.29, 1.82) is 5.26 Å². The first-order valence-electron chi connectivity index (χ1n) is 12.9. The Kier molecular flexibility index (Phi) is 9.46. The van der Waals surface area contributed by atoms with E-state index in [1.54, 1.807) is 0 Å². The summed E-state index contributed by atoms with van der Waals surface area (Å²) in [5.74, 6) is 4.22. The maximum atomic E-state index is 13.4. The fraction of sp³-hybridized carbons (Fsp3) is 0.630. The Morgan fingerprint density at radius 3 is 2.17 bits per heavy atom. The Morgan fingerprint density at radius 1 is 1.00 bits per heavy atom. The van der Waals surface area contributed by atoms with Gasteiger partial charge in [0.15, 0.2) is 26.3 Å². The second kappa shape index (κ2) is 12.2. The number of benzene rings is 1. The molecule has 1 aliphatic heterocycles. The molecule has 2 aliphatic carbocycles. The minimum absolute atomic E-state index is 0.0912. The lowest BCUT2D eigenvalue weighted by Crippen LogP contribution is -2.16. The smallest absolute Gasteiger partial charge is 0.187 e. The topological polar surface area (TPSA) is 84.2 Å². The minimum atomic E-state index is -3.68. The summed E-state index contributed by atoms with van der Waals surface area (Å²) in [6.07, 6.45) is 11.0. The Labute approximate surface area is 228 Å². The molecule has 0 saturated heterocycles. The summed E-state index contributed by atoms with van der Waals surface area (Å²) in [7, 11) is -3.68. The van der Waals surface area contributed by atoms with E-state index in [1.165, 1.54) is 61.2 Å². The zero-order valence-corrected chi connectivity index (χ0v) is 24.5.